The van der Waals surface area contributed by atoms with Crippen molar-refractivity contribution in [1.29, 1.82) is 0 Å². The minimum Gasteiger partial charge on any atom is -0.399 e. The van der Waals surface area contributed by atoms with E-state index >= 15 is 0 Å². The summed E-state index contributed by atoms with van der Waals surface area (Å²) in [5.41, 5.74) is 7.64. The molecule has 1 atom stereocenters. The van der Waals surface area contributed by atoms with Gasteiger partial charge in [0.25, 0.3) is 0 Å². The average Bonchev–Trinajstić information content (AvgIpc) is 2.46. The van der Waals surface area contributed by atoms with Crippen molar-refractivity contribution in [2.75, 3.05) is 27.2 Å². The Bertz CT molecular complexity index is 522. The first-order valence-corrected chi connectivity index (χ1v) is 7.90. The normalized spacial score (nSPS) is 21.2. The largest absolute Gasteiger partial charge is 0.399 e. The predicted octanol–water partition coefficient (Wildman–Crippen LogP) is 2.10. The first-order chi connectivity index (χ1) is 10.0. The smallest absolute Gasteiger partial charge is 0.155 e. The molecule has 114 valence electrons. The molecular weight excluding hydrogens is 328 g/mol. The fourth-order valence-corrected chi connectivity index (χ4v) is 2.67. The highest BCUT2D eigenvalue weighted by molar-refractivity contribution is 9.10. The third kappa shape index (κ3) is 3.87. The van der Waals surface area contributed by atoms with E-state index in [0.29, 0.717) is 0 Å². The van der Waals surface area contributed by atoms with Crippen LogP contribution in [0.1, 0.15) is 12.0 Å². The van der Waals surface area contributed by atoms with E-state index in [2.05, 4.69) is 57.7 Å². The van der Waals surface area contributed by atoms with Crippen molar-refractivity contribution < 1.29 is 0 Å². The maximum atomic E-state index is 6.29. The highest BCUT2D eigenvalue weighted by Gasteiger charge is 2.34. The fraction of sp³-hybridized carbons (Fsp3) is 0.375. The van der Waals surface area contributed by atoms with Crippen LogP contribution in [-0.2, 0) is 5.66 Å². The zero-order chi connectivity index (χ0) is 15.3. The second-order valence-electron chi connectivity index (χ2n) is 5.47. The number of nitrogens with zero attached hydrogens (tertiary/aromatic N) is 1. The number of halogens is 1. The standard InChI is InChI=1S/C16H23BrN4/c1-21(2)12-4-11-20-16(15(18)5-3-10-19-16)13-6-8-14(17)9-7-13/h3,5-10,19-20H,4,11-12,18H2,1-2H3. The zero-order valence-electron chi connectivity index (χ0n) is 12.6. The summed E-state index contributed by atoms with van der Waals surface area (Å²) in [6.45, 7) is 1.92. The van der Waals surface area contributed by atoms with Gasteiger partial charge in [-0.3, -0.25) is 5.32 Å². The van der Waals surface area contributed by atoms with Crippen LogP contribution < -0.4 is 16.4 Å². The van der Waals surface area contributed by atoms with Gasteiger partial charge in [0.2, 0.25) is 0 Å². The molecule has 0 amide bonds. The number of hydrogen-bond acceptors (Lipinski definition) is 4. The fourth-order valence-electron chi connectivity index (χ4n) is 2.41. The second kappa shape index (κ2) is 7.11. The highest BCUT2D eigenvalue weighted by atomic mass is 79.9. The zero-order valence-corrected chi connectivity index (χ0v) is 14.2. The number of dihydropyridines is 1. The van der Waals surface area contributed by atoms with E-state index in [1.807, 2.05) is 30.5 Å². The Morgan fingerprint density at radius 1 is 1.29 bits per heavy atom. The molecule has 1 aliphatic rings. The number of allylic oxidation sites excluding steroid dienone is 2. The van der Waals surface area contributed by atoms with Crippen LogP contribution in [0.15, 0.2) is 52.8 Å². The van der Waals surface area contributed by atoms with E-state index in [4.69, 9.17) is 5.73 Å². The predicted molar refractivity (Wildman–Crippen MR) is 91.5 cm³/mol. The summed E-state index contributed by atoms with van der Waals surface area (Å²) >= 11 is 3.48. The number of benzene rings is 1. The van der Waals surface area contributed by atoms with Crippen LogP contribution in [0.4, 0.5) is 0 Å². The molecule has 1 aromatic rings. The molecule has 5 heteroatoms. The number of nitrogens with two attached hydrogens (primary N) is 1. The number of nitrogens with one attached hydrogen (secondary N) is 2. The lowest BCUT2D eigenvalue weighted by Crippen LogP contribution is -2.56. The molecule has 0 fully saturated rings. The molecule has 1 unspecified atom stereocenters. The average molecular weight is 351 g/mol. The minimum absolute atomic E-state index is 0.526. The molecule has 2 rings (SSSR count). The molecule has 1 aromatic carbocycles. The van der Waals surface area contributed by atoms with Gasteiger partial charge >= 0.3 is 0 Å². The maximum Gasteiger partial charge on any atom is 0.155 e. The van der Waals surface area contributed by atoms with Crippen molar-refractivity contribution >= 4 is 15.9 Å². The molecule has 0 saturated carbocycles. The third-order valence-electron chi connectivity index (χ3n) is 3.55. The van der Waals surface area contributed by atoms with Crippen molar-refractivity contribution in [3.63, 3.8) is 0 Å². The van der Waals surface area contributed by atoms with Gasteiger partial charge in [-0.25, -0.2) is 0 Å². The SMILES string of the molecule is CN(C)CCCNC1(c2ccc(Br)cc2)NC=CC=C1N. The third-order valence-corrected chi connectivity index (χ3v) is 4.08. The van der Waals surface area contributed by atoms with Gasteiger partial charge in [0.15, 0.2) is 5.66 Å². The Hall–Kier alpha value is -1.30. The topological polar surface area (TPSA) is 53.3 Å². The van der Waals surface area contributed by atoms with Crippen molar-refractivity contribution in [2.24, 2.45) is 5.73 Å². The van der Waals surface area contributed by atoms with Gasteiger partial charge in [-0.05, 0) is 69.7 Å². The van der Waals surface area contributed by atoms with Crippen LogP contribution in [0, 0.1) is 0 Å². The molecule has 1 heterocycles. The van der Waals surface area contributed by atoms with Crippen molar-refractivity contribution in [3.8, 4) is 0 Å². The van der Waals surface area contributed by atoms with E-state index in [1.54, 1.807) is 0 Å². The Labute approximate surface area is 135 Å². The van der Waals surface area contributed by atoms with E-state index in [0.717, 1.165) is 35.2 Å². The molecule has 21 heavy (non-hydrogen) atoms. The Morgan fingerprint density at radius 2 is 2.00 bits per heavy atom. The van der Waals surface area contributed by atoms with Gasteiger partial charge < -0.3 is 16.0 Å². The first-order valence-electron chi connectivity index (χ1n) is 7.11. The maximum absolute atomic E-state index is 6.29. The summed E-state index contributed by atoms with van der Waals surface area (Å²) in [6.07, 6.45) is 6.85. The molecule has 0 saturated heterocycles. The van der Waals surface area contributed by atoms with Crippen molar-refractivity contribution in [3.05, 3.63) is 58.4 Å². The molecular formula is C16H23BrN4. The molecule has 0 bridgehead atoms. The van der Waals surface area contributed by atoms with E-state index in [-0.39, 0.29) is 0 Å². The Balaban J connectivity index is 2.17. The second-order valence-corrected chi connectivity index (χ2v) is 6.38. The van der Waals surface area contributed by atoms with Gasteiger partial charge in [-0.2, -0.15) is 0 Å². The lowest BCUT2D eigenvalue weighted by molar-refractivity contribution is 0.322. The Morgan fingerprint density at radius 3 is 2.62 bits per heavy atom. The molecule has 1 aliphatic heterocycles. The van der Waals surface area contributed by atoms with Crippen LogP contribution in [0.2, 0.25) is 0 Å². The van der Waals surface area contributed by atoms with Gasteiger partial charge in [-0.1, -0.05) is 28.1 Å². The lowest BCUT2D eigenvalue weighted by atomic mass is 9.93. The van der Waals surface area contributed by atoms with Crippen molar-refractivity contribution in [1.82, 2.24) is 15.5 Å². The molecule has 0 aromatic heterocycles. The summed E-state index contributed by atoms with van der Waals surface area (Å²) in [7, 11) is 4.17. The first kappa shape index (κ1) is 16.1. The van der Waals surface area contributed by atoms with Gasteiger partial charge in [0.05, 0.1) is 5.70 Å². The summed E-state index contributed by atoms with van der Waals surface area (Å²) in [5, 5.41) is 6.97. The van der Waals surface area contributed by atoms with E-state index < -0.39 is 5.66 Å². The van der Waals surface area contributed by atoms with Gasteiger partial charge in [0, 0.05) is 4.47 Å². The van der Waals surface area contributed by atoms with Gasteiger partial charge in [-0.15, -0.1) is 0 Å². The van der Waals surface area contributed by atoms with Crippen LogP contribution in [0.5, 0.6) is 0 Å². The quantitative estimate of drug-likeness (QED) is 0.687. The molecule has 4 nitrogen and oxygen atoms in total. The van der Waals surface area contributed by atoms with Crippen LogP contribution in [0.25, 0.3) is 0 Å². The van der Waals surface area contributed by atoms with Crippen LogP contribution in [0.3, 0.4) is 0 Å². The van der Waals surface area contributed by atoms with E-state index in [1.165, 1.54) is 0 Å². The molecule has 0 spiro atoms. The Kier molecular flexibility index (Phi) is 5.45. The summed E-state index contributed by atoms with van der Waals surface area (Å²) in [5.74, 6) is 0. The lowest BCUT2D eigenvalue weighted by Gasteiger charge is -2.38. The molecule has 0 radical (unpaired) electrons. The van der Waals surface area contributed by atoms with Crippen LogP contribution in [-0.4, -0.2) is 32.1 Å². The monoisotopic (exact) mass is 350 g/mol. The molecule has 4 N–H and O–H groups in total. The minimum atomic E-state index is -0.526. The summed E-state index contributed by atoms with van der Waals surface area (Å²) in [4.78, 5) is 2.18. The van der Waals surface area contributed by atoms with Crippen LogP contribution >= 0.6 is 15.9 Å². The number of rotatable bonds is 6. The summed E-state index contributed by atoms with van der Waals surface area (Å²) in [6, 6.07) is 8.23. The summed E-state index contributed by atoms with van der Waals surface area (Å²) < 4.78 is 1.06. The highest BCUT2D eigenvalue weighted by Crippen LogP contribution is 2.27. The van der Waals surface area contributed by atoms with E-state index in [9.17, 15) is 0 Å². The molecule has 0 aliphatic carbocycles. The number of hydrogen-bond donors (Lipinski definition) is 3. The van der Waals surface area contributed by atoms with Gasteiger partial charge in [0.1, 0.15) is 0 Å². The van der Waals surface area contributed by atoms with Crippen molar-refractivity contribution in [2.45, 2.75) is 12.1 Å².